The van der Waals surface area contributed by atoms with Crippen LogP contribution in [0.5, 0.6) is 0 Å². The molecule has 0 atom stereocenters. The van der Waals surface area contributed by atoms with Crippen LogP contribution in [0.4, 0.5) is 5.95 Å². The first-order valence-corrected chi connectivity index (χ1v) is 3.64. The minimum atomic E-state index is 0. The first kappa shape index (κ1) is 19.3. The summed E-state index contributed by atoms with van der Waals surface area (Å²) >= 11 is 0. The van der Waals surface area contributed by atoms with Crippen molar-refractivity contribution in [2.24, 2.45) is 5.73 Å². The molecule has 0 saturated carbocycles. The van der Waals surface area contributed by atoms with Gasteiger partial charge in [0.05, 0.1) is 0 Å². The predicted octanol–water partition coefficient (Wildman–Crippen LogP) is 1.50. The van der Waals surface area contributed by atoms with Gasteiger partial charge in [-0.2, -0.15) is 0 Å². The van der Waals surface area contributed by atoms with E-state index in [1.807, 2.05) is 0 Å². The molecule has 0 amide bonds. The van der Waals surface area contributed by atoms with Crippen LogP contribution >= 0.6 is 37.2 Å². The summed E-state index contributed by atoms with van der Waals surface area (Å²) < 4.78 is 0. The van der Waals surface area contributed by atoms with Gasteiger partial charge >= 0.3 is 0 Å². The Kier molecular flexibility index (Phi) is 17.5. The van der Waals surface area contributed by atoms with Gasteiger partial charge in [0.15, 0.2) is 0 Å². The van der Waals surface area contributed by atoms with Gasteiger partial charge in [0.2, 0.25) is 5.95 Å². The normalized spacial score (nSPS) is 7.50. The Balaban J connectivity index is -0.000000403. The van der Waals surface area contributed by atoms with E-state index in [2.05, 4.69) is 15.3 Å². The summed E-state index contributed by atoms with van der Waals surface area (Å²) in [6, 6.07) is 1.79. The molecule has 1 rings (SSSR count). The SMILES string of the molecule is Cl.Cl.Cl.NCCCNc1ncccn1. The van der Waals surface area contributed by atoms with Crippen molar-refractivity contribution in [1.82, 2.24) is 9.97 Å². The van der Waals surface area contributed by atoms with Crippen LogP contribution in [0.3, 0.4) is 0 Å². The molecule has 1 heterocycles. The molecule has 0 unspecified atom stereocenters. The quantitative estimate of drug-likeness (QED) is 0.807. The fraction of sp³-hybridized carbons (Fsp3) is 0.429. The van der Waals surface area contributed by atoms with Crippen LogP contribution in [0.25, 0.3) is 0 Å². The van der Waals surface area contributed by atoms with E-state index >= 15 is 0 Å². The molecular weight excluding hydrogens is 246 g/mol. The molecule has 84 valence electrons. The van der Waals surface area contributed by atoms with Gasteiger partial charge in [0.25, 0.3) is 0 Å². The highest BCUT2D eigenvalue weighted by molar-refractivity contribution is 5.86. The summed E-state index contributed by atoms with van der Waals surface area (Å²) in [6.07, 6.45) is 4.35. The summed E-state index contributed by atoms with van der Waals surface area (Å²) in [5, 5.41) is 3.04. The highest BCUT2D eigenvalue weighted by Crippen LogP contribution is 1.92. The zero-order valence-corrected chi connectivity index (χ0v) is 10.00. The molecular formula is C7H15Cl3N4. The number of anilines is 1. The second kappa shape index (κ2) is 12.7. The van der Waals surface area contributed by atoms with Crippen molar-refractivity contribution in [3.63, 3.8) is 0 Å². The average Bonchev–Trinajstić information content (AvgIpc) is 2.07. The molecule has 14 heavy (non-hydrogen) atoms. The molecule has 0 fully saturated rings. The molecule has 0 aliphatic rings. The van der Waals surface area contributed by atoms with Crippen molar-refractivity contribution in [3.05, 3.63) is 18.5 Å². The zero-order chi connectivity index (χ0) is 7.94. The monoisotopic (exact) mass is 260 g/mol. The number of nitrogens with one attached hydrogen (secondary N) is 1. The number of hydrogen-bond donors (Lipinski definition) is 2. The molecule has 0 aliphatic heterocycles. The van der Waals surface area contributed by atoms with Crippen LogP contribution < -0.4 is 11.1 Å². The van der Waals surface area contributed by atoms with Crippen molar-refractivity contribution in [2.75, 3.05) is 18.4 Å². The van der Waals surface area contributed by atoms with Crippen molar-refractivity contribution in [2.45, 2.75) is 6.42 Å². The maximum absolute atomic E-state index is 5.31. The van der Waals surface area contributed by atoms with Crippen LogP contribution in [0.15, 0.2) is 18.5 Å². The smallest absolute Gasteiger partial charge is 0.222 e. The van der Waals surface area contributed by atoms with Gasteiger partial charge in [-0.3, -0.25) is 0 Å². The molecule has 3 N–H and O–H groups in total. The Morgan fingerprint density at radius 2 is 1.71 bits per heavy atom. The van der Waals surface area contributed by atoms with E-state index in [-0.39, 0.29) is 37.2 Å². The fourth-order valence-corrected chi connectivity index (χ4v) is 0.693. The molecule has 0 aromatic carbocycles. The van der Waals surface area contributed by atoms with Crippen molar-refractivity contribution in [1.29, 1.82) is 0 Å². The van der Waals surface area contributed by atoms with Crippen molar-refractivity contribution in [3.8, 4) is 0 Å². The third-order valence-electron chi connectivity index (χ3n) is 1.23. The van der Waals surface area contributed by atoms with Crippen LogP contribution in [-0.2, 0) is 0 Å². The number of aromatic nitrogens is 2. The molecule has 0 spiro atoms. The van der Waals surface area contributed by atoms with Crippen LogP contribution in [0.2, 0.25) is 0 Å². The topological polar surface area (TPSA) is 63.8 Å². The maximum atomic E-state index is 5.31. The van der Waals surface area contributed by atoms with Crippen molar-refractivity contribution >= 4 is 43.2 Å². The molecule has 1 aromatic heterocycles. The molecule has 7 heteroatoms. The van der Waals surface area contributed by atoms with Gasteiger partial charge < -0.3 is 11.1 Å². The highest BCUT2D eigenvalue weighted by atomic mass is 35.5. The standard InChI is InChI=1S/C7H12N4.3ClH/c8-3-1-4-9-7-10-5-2-6-11-7;;;/h2,5-6H,1,3-4,8H2,(H,9,10,11);3*1H. The minimum Gasteiger partial charge on any atom is -0.354 e. The molecule has 0 aliphatic carbocycles. The highest BCUT2D eigenvalue weighted by Gasteiger charge is 1.89. The minimum absolute atomic E-state index is 0. The van der Waals surface area contributed by atoms with Gasteiger partial charge in [-0.1, -0.05) is 0 Å². The Bertz CT molecular complexity index is 197. The lowest BCUT2D eigenvalue weighted by Gasteiger charge is -2.00. The number of nitrogens with zero attached hydrogens (tertiary/aromatic N) is 2. The summed E-state index contributed by atoms with van der Waals surface area (Å²) in [5.74, 6) is 0.668. The van der Waals surface area contributed by atoms with E-state index in [9.17, 15) is 0 Å². The van der Waals surface area contributed by atoms with E-state index in [0.29, 0.717) is 12.5 Å². The third-order valence-corrected chi connectivity index (χ3v) is 1.23. The maximum Gasteiger partial charge on any atom is 0.222 e. The number of rotatable bonds is 4. The van der Waals surface area contributed by atoms with E-state index in [4.69, 9.17) is 5.73 Å². The predicted molar refractivity (Wildman–Crippen MR) is 65.9 cm³/mol. The molecule has 1 aromatic rings. The summed E-state index contributed by atoms with van der Waals surface area (Å²) in [5.41, 5.74) is 5.31. The summed E-state index contributed by atoms with van der Waals surface area (Å²) in [6.45, 7) is 1.53. The Hall–Kier alpha value is -0.290. The Morgan fingerprint density at radius 3 is 2.21 bits per heavy atom. The first-order valence-electron chi connectivity index (χ1n) is 3.64. The van der Waals surface area contributed by atoms with Gasteiger partial charge in [-0.15, -0.1) is 37.2 Å². The van der Waals surface area contributed by atoms with Crippen LogP contribution in [0, 0.1) is 0 Å². The van der Waals surface area contributed by atoms with Gasteiger partial charge in [-0.05, 0) is 19.0 Å². The van der Waals surface area contributed by atoms with Gasteiger partial charge in [0, 0.05) is 18.9 Å². The zero-order valence-electron chi connectivity index (χ0n) is 7.55. The van der Waals surface area contributed by atoms with Crippen molar-refractivity contribution < 1.29 is 0 Å². The van der Waals surface area contributed by atoms with E-state index < -0.39 is 0 Å². The van der Waals surface area contributed by atoms with E-state index in [1.165, 1.54) is 0 Å². The largest absolute Gasteiger partial charge is 0.354 e. The lowest BCUT2D eigenvalue weighted by molar-refractivity contribution is 0.864. The molecule has 0 bridgehead atoms. The fourth-order valence-electron chi connectivity index (χ4n) is 0.693. The molecule has 0 radical (unpaired) electrons. The number of hydrogen-bond acceptors (Lipinski definition) is 4. The second-order valence-corrected chi connectivity index (χ2v) is 2.14. The summed E-state index contributed by atoms with van der Waals surface area (Å²) in [7, 11) is 0. The van der Waals surface area contributed by atoms with Gasteiger partial charge in [-0.25, -0.2) is 9.97 Å². The van der Waals surface area contributed by atoms with Crippen LogP contribution in [-0.4, -0.2) is 23.1 Å². The third kappa shape index (κ3) is 8.31. The lowest BCUT2D eigenvalue weighted by Crippen LogP contribution is -2.09. The van der Waals surface area contributed by atoms with Gasteiger partial charge in [0.1, 0.15) is 0 Å². The Morgan fingerprint density at radius 1 is 1.14 bits per heavy atom. The lowest BCUT2D eigenvalue weighted by atomic mass is 10.4. The van der Waals surface area contributed by atoms with E-state index in [0.717, 1.165) is 13.0 Å². The first-order chi connectivity index (χ1) is 5.43. The molecule has 0 saturated heterocycles. The van der Waals surface area contributed by atoms with E-state index in [1.54, 1.807) is 18.5 Å². The number of halogens is 3. The Labute approximate surface area is 102 Å². The average molecular weight is 262 g/mol. The second-order valence-electron chi connectivity index (χ2n) is 2.14. The molecule has 4 nitrogen and oxygen atoms in total. The van der Waals surface area contributed by atoms with Crippen LogP contribution in [0.1, 0.15) is 6.42 Å². The summed E-state index contributed by atoms with van der Waals surface area (Å²) in [4.78, 5) is 7.98. The number of nitrogens with two attached hydrogens (primary N) is 1.